The number of rotatable bonds is 4. The summed E-state index contributed by atoms with van der Waals surface area (Å²) >= 11 is 0. The van der Waals surface area contributed by atoms with Crippen molar-refractivity contribution in [3.8, 4) is 0 Å². The zero-order valence-electron chi connectivity index (χ0n) is 8.86. The highest BCUT2D eigenvalue weighted by Crippen LogP contribution is 2.06. The second-order valence-corrected chi connectivity index (χ2v) is 3.71. The van der Waals surface area contributed by atoms with Gasteiger partial charge < -0.3 is 11.1 Å². The summed E-state index contributed by atoms with van der Waals surface area (Å²) in [7, 11) is 0. The van der Waals surface area contributed by atoms with Crippen LogP contribution >= 0.6 is 12.4 Å². The van der Waals surface area contributed by atoms with Crippen LogP contribution in [0.3, 0.4) is 0 Å². The number of nitrogens with one attached hydrogen (secondary N) is 2. The van der Waals surface area contributed by atoms with Crippen LogP contribution in [0.15, 0.2) is 12.4 Å². The van der Waals surface area contributed by atoms with Crippen molar-refractivity contribution in [2.24, 2.45) is 11.7 Å². The average Bonchev–Trinajstić information content (AvgIpc) is 2.55. The molecule has 0 saturated heterocycles. The van der Waals surface area contributed by atoms with Gasteiger partial charge in [-0.2, -0.15) is 5.10 Å². The van der Waals surface area contributed by atoms with E-state index >= 15 is 0 Å². The first-order chi connectivity index (χ1) is 6.59. The first-order valence-electron chi connectivity index (χ1n) is 4.65. The van der Waals surface area contributed by atoms with Gasteiger partial charge in [-0.3, -0.25) is 9.89 Å². The Morgan fingerprint density at radius 2 is 2.33 bits per heavy atom. The molecular formula is C9H17ClN4O. The SMILES string of the molecule is CC(C)CC(N)C(=O)Nc1cn[nH]c1.Cl. The zero-order chi connectivity index (χ0) is 10.6. The predicted molar refractivity (Wildman–Crippen MR) is 61.9 cm³/mol. The molecule has 1 rings (SSSR count). The molecule has 1 unspecified atom stereocenters. The summed E-state index contributed by atoms with van der Waals surface area (Å²) in [6, 6.07) is -0.454. The van der Waals surface area contributed by atoms with Crippen LogP contribution < -0.4 is 11.1 Å². The van der Waals surface area contributed by atoms with E-state index in [0.29, 0.717) is 18.0 Å². The molecule has 1 atom stereocenters. The normalized spacial score (nSPS) is 12.0. The molecule has 15 heavy (non-hydrogen) atoms. The Bertz CT molecular complexity index is 286. The molecule has 6 heteroatoms. The third-order valence-corrected chi connectivity index (χ3v) is 1.83. The first-order valence-corrected chi connectivity index (χ1v) is 4.65. The Balaban J connectivity index is 0.00000196. The van der Waals surface area contributed by atoms with Gasteiger partial charge in [-0.1, -0.05) is 13.8 Å². The summed E-state index contributed by atoms with van der Waals surface area (Å²) in [5.41, 5.74) is 6.34. The van der Waals surface area contributed by atoms with Crippen LogP contribution in [0.5, 0.6) is 0 Å². The van der Waals surface area contributed by atoms with E-state index in [0.717, 1.165) is 0 Å². The van der Waals surface area contributed by atoms with Crippen LogP contribution in [0.2, 0.25) is 0 Å². The van der Waals surface area contributed by atoms with Crippen LogP contribution in [0.4, 0.5) is 5.69 Å². The average molecular weight is 233 g/mol. The third kappa shape index (κ3) is 4.80. The minimum Gasteiger partial charge on any atom is -0.322 e. The molecule has 5 nitrogen and oxygen atoms in total. The largest absolute Gasteiger partial charge is 0.322 e. The fourth-order valence-corrected chi connectivity index (χ4v) is 1.17. The van der Waals surface area contributed by atoms with Gasteiger partial charge in [-0.05, 0) is 12.3 Å². The lowest BCUT2D eigenvalue weighted by molar-refractivity contribution is -0.117. The van der Waals surface area contributed by atoms with E-state index in [1.165, 1.54) is 0 Å². The van der Waals surface area contributed by atoms with Crippen LogP contribution in [0.1, 0.15) is 20.3 Å². The molecule has 0 aliphatic heterocycles. The quantitative estimate of drug-likeness (QED) is 0.728. The fourth-order valence-electron chi connectivity index (χ4n) is 1.17. The standard InChI is InChI=1S/C9H16N4O.ClH/c1-6(2)3-8(10)9(14)13-7-4-11-12-5-7;/h4-6,8H,3,10H2,1-2H3,(H,11,12)(H,13,14);1H. The second-order valence-electron chi connectivity index (χ2n) is 3.71. The molecule has 1 heterocycles. The van der Waals surface area contributed by atoms with Crippen molar-refractivity contribution < 1.29 is 4.79 Å². The number of amides is 1. The van der Waals surface area contributed by atoms with E-state index in [1.54, 1.807) is 12.4 Å². The van der Waals surface area contributed by atoms with E-state index < -0.39 is 6.04 Å². The molecular weight excluding hydrogens is 216 g/mol. The number of nitrogens with two attached hydrogens (primary N) is 1. The molecule has 0 fully saturated rings. The lowest BCUT2D eigenvalue weighted by Crippen LogP contribution is -2.36. The van der Waals surface area contributed by atoms with Crippen molar-refractivity contribution in [2.45, 2.75) is 26.3 Å². The topological polar surface area (TPSA) is 83.8 Å². The van der Waals surface area contributed by atoms with Crippen molar-refractivity contribution >= 4 is 24.0 Å². The minimum atomic E-state index is -0.454. The van der Waals surface area contributed by atoms with Crippen molar-refractivity contribution in [2.75, 3.05) is 5.32 Å². The molecule has 86 valence electrons. The Morgan fingerprint density at radius 1 is 1.67 bits per heavy atom. The Labute approximate surface area is 95.2 Å². The zero-order valence-corrected chi connectivity index (χ0v) is 9.67. The molecule has 1 aromatic rings. The van der Waals surface area contributed by atoms with Crippen molar-refractivity contribution in [3.05, 3.63) is 12.4 Å². The summed E-state index contributed by atoms with van der Waals surface area (Å²) in [6.07, 6.45) is 3.84. The number of aromatic amines is 1. The highest BCUT2D eigenvalue weighted by molar-refractivity contribution is 5.94. The summed E-state index contributed by atoms with van der Waals surface area (Å²) < 4.78 is 0. The van der Waals surface area contributed by atoms with Gasteiger partial charge in [-0.25, -0.2) is 0 Å². The van der Waals surface area contributed by atoms with Gasteiger partial charge in [0.1, 0.15) is 0 Å². The molecule has 0 aliphatic carbocycles. The number of nitrogens with zero attached hydrogens (tertiary/aromatic N) is 1. The maximum atomic E-state index is 11.5. The molecule has 0 bridgehead atoms. The smallest absolute Gasteiger partial charge is 0.241 e. The number of halogens is 1. The van der Waals surface area contributed by atoms with E-state index in [1.807, 2.05) is 13.8 Å². The summed E-state index contributed by atoms with van der Waals surface area (Å²) in [5.74, 6) is 0.250. The van der Waals surface area contributed by atoms with Crippen molar-refractivity contribution in [1.82, 2.24) is 10.2 Å². The molecule has 1 aromatic heterocycles. The van der Waals surface area contributed by atoms with Gasteiger partial charge in [0.25, 0.3) is 0 Å². The third-order valence-electron chi connectivity index (χ3n) is 1.83. The second kappa shape index (κ2) is 6.42. The summed E-state index contributed by atoms with van der Waals surface area (Å²) in [6.45, 7) is 4.07. The van der Waals surface area contributed by atoms with Gasteiger partial charge in [0, 0.05) is 6.20 Å². The maximum absolute atomic E-state index is 11.5. The molecule has 0 aromatic carbocycles. The number of anilines is 1. The lowest BCUT2D eigenvalue weighted by Gasteiger charge is -2.12. The fraction of sp³-hybridized carbons (Fsp3) is 0.556. The number of carbonyl (C=O) groups excluding carboxylic acids is 1. The summed E-state index contributed by atoms with van der Waals surface area (Å²) in [5, 5.41) is 8.99. The van der Waals surface area contributed by atoms with E-state index in [-0.39, 0.29) is 18.3 Å². The Morgan fingerprint density at radius 3 is 2.80 bits per heavy atom. The number of aromatic nitrogens is 2. The van der Waals surface area contributed by atoms with Crippen molar-refractivity contribution in [1.29, 1.82) is 0 Å². The number of hydrogen-bond acceptors (Lipinski definition) is 3. The number of H-pyrrole nitrogens is 1. The monoisotopic (exact) mass is 232 g/mol. The van der Waals surface area contributed by atoms with Crippen molar-refractivity contribution in [3.63, 3.8) is 0 Å². The maximum Gasteiger partial charge on any atom is 0.241 e. The summed E-state index contributed by atoms with van der Waals surface area (Å²) in [4.78, 5) is 11.5. The number of hydrogen-bond donors (Lipinski definition) is 3. The molecule has 0 saturated carbocycles. The van der Waals surface area contributed by atoms with E-state index in [9.17, 15) is 4.79 Å². The van der Waals surface area contributed by atoms with Crippen LogP contribution in [-0.2, 0) is 4.79 Å². The molecule has 0 aliphatic rings. The first kappa shape index (κ1) is 13.9. The Kier molecular flexibility index (Phi) is 5.96. The predicted octanol–water partition coefficient (Wildman–Crippen LogP) is 1.14. The van der Waals surface area contributed by atoms with Gasteiger partial charge in [0.05, 0.1) is 17.9 Å². The molecule has 4 N–H and O–H groups in total. The molecule has 1 amide bonds. The van der Waals surface area contributed by atoms with Gasteiger partial charge in [-0.15, -0.1) is 12.4 Å². The van der Waals surface area contributed by atoms with Gasteiger partial charge >= 0.3 is 0 Å². The highest BCUT2D eigenvalue weighted by atomic mass is 35.5. The van der Waals surface area contributed by atoms with E-state index in [2.05, 4.69) is 15.5 Å². The van der Waals surface area contributed by atoms with Gasteiger partial charge in [0.15, 0.2) is 0 Å². The van der Waals surface area contributed by atoms with Crippen LogP contribution in [0, 0.1) is 5.92 Å². The lowest BCUT2D eigenvalue weighted by atomic mass is 10.0. The molecule has 0 spiro atoms. The minimum absolute atomic E-state index is 0. The molecule has 0 radical (unpaired) electrons. The number of carbonyl (C=O) groups is 1. The van der Waals surface area contributed by atoms with Gasteiger partial charge in [0.2, 0.25) is 5.91 Å². The van der Waals surface area contributed by atoms with Crippen LogP contribution in [0.25, 0.3) is 0 Å². The Hall–Kier alpha value is -1.07. The van der Waals surface area contributed by atoms with E-state index in [4.69, 9.17) is 5.73 Å². The highest BCUT2D eigenvalue weighted by Gasteiger charge is 2.14. The van der Waals surface area contributed by atoms with Crippen LogP contribution in [-0.4, -0.2) is 22.1 Å².